The first-order valence-electron chi connectivity index (χ1n) is 9.78. The number of alkyl halides is 3. The Kier molecular flexibility index (Phi) is 7.26. The number of carbonyl (C=O) groups excluding carboxylic acids is 2. The van der Waals surface area contributed by atoms with Gasteiger partial charge in [-0.15, -0.1) is 0 Å². The largest absolute Gasteiger partial charge is 0.484 e. The molecule has 11 heteroatoms. The fourth-order valence-corrected chi connectivity index (χ4v) is 3.94. The lowest BCUT2D eigenvalue weighted by Gasteiger charge is -2.12. The highest BCUT2D eigenvalue weighted by Gasteiger charge is 2.30. The smallest absolute Gasteiger partial charge is 0.416 e. The molecule has 3 aromatic carbocycles. The summed E-state index contributed by atoms with van der Waals surface area (Å²) >= 11 is 0. The first-order chi connectivity index (χ1) is 15.9. The normalized spacial score (nSPS) is 11.5. The highest BCUT2D eigenvalue weighted by Crippen LogP contribution is 2.31. The van der Waals surface area contributed by atoms with Crippen molar-refractivity contribution in [2.45, 2.75) is 18.0 Å². The van der Waals surface area contributed by atoms with Crippen LogP contribution in [0.5, 0.6) is 5.75 Å². The van der Waals surface area contributed by atoms with Crippen LogP contribution in [0.3, 0.4) is 0 Å². The Balaban J connectivity index is 1.65. The molecule has 3 rings (SSSR count). The molecule has 0 aliphatic rings. The highest BCUT2D eigenvalue weighted by molar-refractivity contribution is 7.92. The predicted molar refractivity (Wildman–Crippen MR) is 119 cm³/mol. The number of ether oxygens (including phenoxy) is 1. The van der Waals surface area contributed by atoms with Crippen LogP contribution < -0.4 is 14.8 Å². The molecule has 3 aromatic rings. The average molecular weight is 492 g/mol. The van der Waals surface area contributed by atoms with Gasteiger partial charge in [-0.2, -0.15) is 13.2 Å². The molecule has 7 nitrogen and oxygen atoms in total. The molecule has 0 bridgehead atoms. The van der Waals surface area contributed by atoms with E-state index in [2.05, 4.69) is 10.0 Å². The second kappa shape index (κ2) is 9.96. The Morgan fingerprint density at radius 1 is 0.912 bits per heavy atom. The van der Waals surface area contributed by atoms with Gasteiger partial charge in [0.25, 0.3) is 15.9 Å². The molecule has 0 radical (unpaired) electrons. The number of carbonyl (C=O) groups is 2. The van der Waals surface area contributed by atoms with Crippen LogP contribution in [0, 0.1) is 0 Å². The lowest BCUT2D eigenvalue weighted by Crippen LogP contribution is -2.20. The van der Waals surface area contributed by atoms with Crippen LogP contribution in [0.4, 0.5) is 24.5 Å². The summed E-state index contributed by atoms with van der Waals surface area (Å²) in [6.07, 6.45) is -4.62. The monoisotopic (exact) mass is 492 g/mol. The van der Waals surface area contributed by atoms with Gasteiger partial charge in [0.15, 0.2) is 12.4 Å². The molecule has 0 saturated carbocycles. The van der Waals surface area contributed by atoms with Crippen LogP contribution in [0.25, 0.3) is 0 Å². The maximum absolute atomic E-state index is 12.9. The van der Waals surface area contributed by atoms with Crippen LogP contribution in [0.15, 0.2) is 77.7 Å². The molecule has 0 aromatic heterocycles. The number of sulfonamides is 1. The lowest BCUT2D eigenvalue weighted by atomic mass is 10.1. The van der Waals surface area contributed by atoms with Gasteiger partial charge >= 0.3 is 6.18 Å². The number of amides is 1. The maximum atomic E-state index is 12.9. The molecule has 0 heterocycles. The van der Waals surface area contributed by atoms with Crippen molar-refractivity contribution in [2.24, 2.45) is 0 Å². The molecule has 0 spiro atoms. The number of nitrogens with one attached hydrogen (secondary N) is 2. The molecule has 0 aliphatic carbocycles. The third-order valence-electron chi connectivity index (χ3n) is 4.50. The number of ketones is 1. The molecular formula is C23H19F3N2O5S. The molecule has 34 heavy (non-hydrogen) atoms. The summed E-state index contributed by atoms with van der Waals surface area (Å²) in [5.74, 6) is -0.320. The van der Waals surface area contributed by atoms with Crippen molar-refractivity contribution >= 4 is 33.1 Å². The second-order valence-corrected chi connectivity index (χ2v) is 8.81. The average Bonchev–Trinajstić information content (AvgIpc) is 2.77. The minimum absolute atomic E-state index is 0.110. The van der Waals surface area contributed by atoms with Crippen molar-refractivity contribution in [2.75, 3.05) is 16.6 Å². The van der Waals surface area contributed by atoms with E-state index in [-0.39, 0.29) is 28.7 Å². The topological polar surface area (TPSA) is 102 Å². The minimum Gasteiger partial charge on any atom is -0.484 e. The molecule has 0 fully saturated rings. The number of Topliss-reactive ketones (excluding diaryl/α,β-unsaturated/α-hetero) is 1. The summed E-state index contributed by atoms with van der Waals surface area (Å²) < 4.78 is 71.3. The SMILES string of the molecule is CC(=O)c1ccc(OCC(=O)Nc2cccc(S(=O)(=O)Nc3cccc(C(F)(F)F)c3)c2)cc1. The minimum atomic E-state index is -4.62. The lowest BCUT2D eigenvalue weighted by molar-refractivity contribution is -0.137. The van der Waals surface area contributed by atoms with Crippen molar-refractivity contribution in [3.8, 4) is 5.75 Å². The van der Waals surface area contributed by atoms with E-state index in [4.69, 9.17) is 4.74 Å². The van der Waals surface area contributed by atoms with Gasteiger partial charge in [0.05, 0.1) is 10.5 Å². The molecule has 2 N–H and O–H groups in total. The zero-order valence-corrected chi connectivity index (χ0v) is 18.5. The number of hydrogen-bond acceptors (Lipinski definition) is 5. The standard InChI is InChI=1S/C23H19F3N2O5S/c1-15(29)16-8-10-20(11-9-16)33-14-22(30)27-18-5-3-7-21(13-18)34(31,32)28-19-6-2-4-17(12-19)23(24,25)26/h2-13,28H,14H2,1H3,(H,27,30). The van der Waals surface area contributed by atoms with Gasteiger partial charge < -0.3 is 10.1 Å². The van der Waals surface area contributed by atoms with Crippen molar-refractivity contribution < 1.29 is 35.9 Å². The van der Waals surface area contributed by atoms with Crippen LogP contribution in [-0.2, 0) is 21.0 Å². The van der Waals surface area contributed by atoms with Gasteiger partial charge in [-0.05, 0) is 67.6 Å². The van der Waals surface area contributed by atoms with E-state index in [1.54, 1.807) is 12.1 Å². The van der Waals surface area contributed by atoms with Crippen LogP contribution in [0.2, 0.25) is 0 Å². The second-order valence-electron chi connectivity index (χ2n) is 7.13. The Morgan fingerprint density at radius 3 is 2.21 bits per heavy atom. The number of rotatable bonds is 8. The molecule has 0 aliphatic heterocycles. The van der Waals surface area contributed by atoms with Crippen LogP contribution >= 0.6 is 0 Å². The van der Waals surface area contributed by atoms with Gasteiger partial charge in [0, 0.05) is 16.9 Å². The third-order valence-corrected chi connectivity index (χ3v) is 5.88. The Morgan fingerprint density at radius 2 is 1.56 bits per heavy atom. The van der Waals surface area contributed by atoms with Gasteiger partial charge in [-0.1, -0.05) is 12.1 Å². The Hall–Kier alpha value is -3.86. The van der Waals surface area contributed by atoms with E-state index in [0.717, 1.165) is 18.2 Å². The van der Waals surface area contributed by atoms with E-state index in [1.807, 2.05) is 0 Å². The highest BCUT2D eigenvalue weighted by atomic mass is 32.2. The fraction of sp³-hybridized carbons (Fsp3) is 0.130. The summed E-state index contributed by atoms with van der Waals surface area (Å²) in [7, 11) is -4.23. The van der Waals surface area contributed by atoms with Crippen molar-refractivity contribution in [1.29, 1.82) is 0 Å². The molecule has 0 unspecified atom stereocenters. The number of anilines is 2. The zero-order chi connectivity index (χ0) is 24.9. The zero-order valence-electron chi connectivity index (χ0n) is 17.7. The molecule has 1 amide bonds. The maximum Gasteiger partial charge on any atom is 0.416 e. The van der Waals surface area contributed by atoms with E-state index < -0.39 is 27.7 Å². The van der Waals surface area contributed by atoms with E-state index in [9.17, 15) is 31.2 Å². The summed E-state index contributed by atoms with van der Waals surface area (Å²) in [6.45, 7) is 1.05. The fourth-order valence-electron chi connectivity index (χ4n) is 2.85. The van der Waals surface area contributed by atoms with E-state index in [1.165, 1.54) is 43.3 Å². The summed E-state index contributed by atoms with van der Waals surface area (Å²) in [4.78, 5) is 23.2. The van der Waals surface area contributed by atoms with Crippen molar-refractivity contribution in [3.05, 3.63) is 83.9 Å². The van der Waals surface area contributed by atoms with Gasteiger partial charge in [-0.3, -0.25) is 14.3 Å². The first kappa shape index (κ1) is 24.8. The van der Waals surface area contributed by atoms with Gasteiger partial charge in [-0.25, -0.2) is 8.42 Å². The van der Waals surface area contributed by atoms with Crippen molar-refractivity contribution in [1.82, 2.24) is 0 Å². The number of halogens is 3. The number of benzene rings is 3. The van der Waals surface area contributed by atoms with Gasteiger partial charge in [0.1, 0.15) is 5.75 Å². The molecule has 0 atom stereocenters. The van der Waals surface area contributed by atoms with Gasteiger partial charge in [0.2, 0.25) is 0 Å². The van der Waals surface area contributed by atoms with Crippen molar-refractivity contribution in [3.63, 3.8) is 0 Å². The number of hydrogen-bond donors (Lipinski definition) is 2. The van der Waals surface area contributed by atoms with Crippen LogP contribution in [-0.4, -0.2) is 26.7 Å². The summed E-state index contributed by atoms with van der Waals surface area (Å²) in [5.41, 5.74) is -0.612. The molecule has 0 saturated heterocycles. The Labute approximate surface area is 193 Å². The predicted octanol–water partition coefficient (Wildman–Crippen LogP) is 4.73. The Bertz CT molecular complexity index is 1310. The summed E-state index contributed by atoms with van der Waals surface area (Å²) in [5, 5.41) is 2.49. The van der Waals surface area contributed by atoms with E-state index >= 15 is 0 Å². The van der Waals surface area contributed by atoms with E-state index in [0.29, 0.717) is 17.4 Å². The quantitative estimate of drug-likeness (QED) is 0.443. The summed E-state index contributed by atoms with van der Waals surface area (Å²) in [6, 6.07) is 15.2. The van der Waals surface area contributed by atoms with Crippen LogP contribution in [0.1, 0.15) is 22.8 Å². The molecule has 178 valence electrons. The first-order valence-corrected chi connectivity index (χ1v) is 11.3. The third kappa shape index (κ3) is 6.58. The molecular weight excluding hydrogens is 473 g/mol.